The summed E-state index contributed by atoms with van der Waals surface area (Å²) in [5, 5.41) is 11.7. The first-order chi connectivity index (χ1) is 9.87. The second kappa shape index (κ2) is 7.73. The summed E-state index contributed by atoms with van der Waals surface area (Å²) < 4.78 is 10.2. The predicted molar refractivity (Wildman–Crippen MR) is 79.2 cm³/mol. The first kappa shape index (κ1) is 17.1. The lowest BCUT2D eigenvalue weighted by Gasteiger charge is -2.14. The van der Waals surface area contributed by atoms with Gasteiger partial charge in [-0.15, -0.1) is 0 Å². The van der Waals surface area contributed by atoms with Crippen molar-refractivity contribution in [2.75, 3.05) is 19.5 Å². The van der Waals surface area contributed by atoms with E-state index in [0.29, 0.717) is 22.2 Å². The number of aliphatic carboxylic acids is 1. The van der Waals surface area contributed by atoms with Gasteiger partial charge in [-0.3, -0.25) is 9.59 Å². The Morgan fingerprint density at radius 2 is 1.86 bits per heavy atom. The van der Waals surface area contributed by atoms with Gasteiger partial charge < -0.3 is 19.9 Å². The van der Waals surface area contributed by atoms with Crippen molar-refractivity contribution in [1.82, 2.24) is 0 Å². The standard InChI is InChI=1S/C14H18ClNO5/c1-8(5-14(18)19)4-13(17)16-10-6-9(15)11(20-2)7-12(10)21-3/h6-8H,4-5H2,1-3H3,(H,16,17)(H,18,19). The molecule has 0 bridgehead atoms. The molecule has 0 saturated carbocycles. The second-order valence-electron chi connectivity index (χ2n) is 4.64. The van der Waals surface area contributed by atoms with Crippen molar-refractivity contribution in [3.05, 3.63) is 17.2 Å². The van der Waals surface area contributed by atoms with E-state index in [9.17, 15) is 9.59 Å². The van der Waals surface area contributed by atoms with Crippen LogP contribution in [0.1, 0.15) is 19.8 Å². The van der Waals surface area contributed by atoms with Crippen LogP contribution in [-0.2, 0) is 9.59 Å². The number of anilines is 1. The third-order valence-corrected chi connectivity index (χ3v) is 3.10. The summed E-state index contributed by atoms with van der Waals surface area (Å²) in [6.45, 7) is 1.70. The van der Waals surface area contributed by atoms with Gasteiger partial charge in [0.15, 0.2) is 0 Å². The van der Waals surface area contributed by atoms with Crippen LogP contribution in [0.15, 0.2) is 12.1 Å². The van der Waals surface area contributed by atoms with Crippen molar-refractivity contribution < 1.29 is 24.2 Å². The molecule has 0 heterocycles. The number of hydrogen-bond donors (Lipinski definition) is 2. The largest absolute Gasteiger partial charge is 0.495 e. The molecule has 1 amide bonds. The van der Waals surface area contributed by atoms with Crippen molar-refractivity contribution in [3.63, 3.8) is 0 Å². The Labute approximate surface area is 128 Å². The van der Waals surface area contributed by atoms with Crippen LogP contribution in [0.2, 0.25) is 5.02 Å². The monoisotopic (exact) mass is 315 g/mol. The fourth-order valence-corrected chi connectivity index (χ4v) is 2.09. The van der Waals surface area contributed by atoms with Crippen molar-refractivity contribution in [2.24, 2.45) is 5.92 Å². The molecule has 0 saturated heterocycles. The molecule has 1 unspecified atom stereocenters. The summed E-state index contributed by atoms with van der Waals surface area (Å²) in [4.78, 5) is 22.5. The van der Waals surface area contributed by atoms with E-state index in [1.54, 1.807) is 13.0 Å². The van der Waals surface area contributed by atoms with Crippen molar-refractivity contribution in [1.29, 1.82) is 0 Å². The highest BCUT2D eigenvalue weighted by atomic mass is 35.5. The molecule has 1 aromatic carbocycles. The molecule has 0 spiro atoms. The minimum atomic E-state index is -0.930. The number of methoxy groups -OCH3 is 2. The number of carbonyl (C=O) groups excluding carboxylic acids is 1. The zero-order chi connectivity index (χ0) is 16.0. The molecule has 1 aromatic rings. The van der Waals surface area contributed by atoms with Crippen LogP contribution >= 0.6 is 11.6 Å². The maximum atomic E-state index is 11.9. The number of ether oxygens (including phenoxy) is 2. The lowest BCUT2D eigenvalue weighted by atomic mass is 10.0. The number of carboxylic acids is 1. The summed E-state index contributed by atoms with van der Waals surface area (Å²) in [6, 6.07) is 3.09. The van der Waals surface area contributed by atoms with Gasteiger partial charge in [0, 0.05) is 18.9 Å². The fraction of sp³-hybridized carbons (Fsp3) is 0.429. The average Bonchev–Trinajstić information content (AvgIpc) is 2.37. The number of halogens is 1. The van der Waals surface area contributed by atoms with Crippen molar-refractivity contribution in [2.45, 2.75) is 19.8 Å². The molecule has 0 aromatic heterocycles. The third-order valence-electron chi connectivity index (χ3n) is 2.80. The van der Waals surface area contributed by atoms with Gasteiger partial charge in [-0.1, -0.05) is 18.5 Å². The van der Waals surface area contributed by atoms with Gasteiger partial charge >= 0.3 is 5.97 Å². The van der Waals surface area contributed by atoms with E-state index in [2.05, 4.69) is 5.32 Å². The minimum absolute atomic E-state index is 0.0616. The number of amides is 1. The molecule has 1 atom stereocenters. The molecule has 7 heteroatoms. The summed E-state index contributed by atoms with van der Waals surface area (Å²) in [5.74, 6) is -0.646. The van der Waals surface area contributed by atoms with Gasteiger partial charge in [0.05, 0.1) is 24.9 Å². The van der Waals surface area contributed by atoms with E-state index < -0.39 is 5.97 Å². The minimum Gasteiger partial charge on any atom is -0.495 e. The Morgan fingerprint density at radius 3 is 2.38 bits per heavy atom. The van der Waals surface area contributed by atoms with E-state index in [-0.39, 0.29) is 24.7 Å². The van der Waals surface area contributed by atoms with Crippen LogP contribution < -0.4 is 14.8 Å². The first-order valence-electron chi connectivity index (χ1n) is 6.30. The Balaban J connectivity index is 2.80. The summed E-state index contributed by atoms with van der Waals surface area (Å²) in [5.41, 5.74) is 0.413. The van der Waals surface area contributed by atoms with Crippen LogP contribution in [0.4, 0.5) is 5.69 Å². The Bertz CT molecular complexity index is 532. The SMILES string of the molecule is COc1cc(OC)c(NC(=O)CC(C)CC(=O)O)cc1Cl. The highest BCUT2D eigenvalue weighted by Crippen LogP contribution is 2.36. The number of nitrogens with one attached hydrogen (secondary N) is 1. The molecule has 1 rings (SSSR count). The average molecular weight is 316 g/mol. The highest BCUT2D eigenvalue weighted by Gasteiger charge is 2.16. The van der Waals surface area contributed by atoms with Crippen LogP contribution in [0, 0.1) is 5.92 Å². The van der Waals surface area contributed by atoms with Crippen LogP contribution in [-0.4, -0.2) is 31.2 Å². The van der Waals surface area contributed by atoms with E-state index >= 15 is 0 Å². The predicted octanol–water partition coefficient (Wildman–Crippen LogP) is 2.80. The summed E-state index contributed by atoms with van der Waals surface area (Å²) in [6.07, 6.45) is 0.0347. The van der Waals surface area contributed by atoms with Crippen LogP contribution in [0.5, 0.6) is 11.5 Å². The van der Waals surface area contributed by atoms with Gasteiger partial charge in [0.2, 0.25) is 5.91 Å². The molecular weight excluding hydrogens is 298 g/mol. The van der Waals surface area contributed by atoms with Crippen LogP contribution in [0.3, 0.4) is 0 Å². The second-order valence-corrected chi connectivity index (χ2v) is 5.05. The molecule has 0 aliphatic carbocycles. The zero-order valence-corrected chi connectivity index (χ0v) is 12.9. The number of rotatable bonds is 7. The third kappa shape index (κ3) is 5.15. The molecule has 0 radical (unpaired) electrons. The maximum absolute atomic E-state index is 11.9. The van der Waals surface area contributed by atoms with Crippen LogP contribution in [0.25, 0.3) is 0 Å². The number of carbonyl (C=O) groups is 2. The van der Waals surface area contributed by atoms with Gasteiger partial charge in [-0.25, -0.2) is 0 Å². The molecule has 2 N–H and O–H groups in total. The fourth-order valence-electron chi connectivity index (χ4n) is 1.85. The van der Waals surface area contributed by atoms with E-state index in [4.69, 9.17) is 26.2 Å². The molecule has 116 valence electrons. The Kier molecular flexibility index (Phi) is 6.30. The topological polar surface area (TPSA) is 84.9 Å². The lowest BCUT2D eigenvalue weighted by molar-refractivity contribution is -0.138. The lowest BCUT2D eigenvalue weighted by Crippen LogP contribution is -2.17. The first-order valence-corrected chi connectivity index (χ1v) is 6.68. The maximum Gasteiger partial charge on any atom is 0.303 e. The molecule has 0 aliphatic rings. The van der Waals surface area contributed by atoms with Crippen molar-refractivity contribution >= 4 is 29.2 Å². The smallest absolute Gasteiger partial charge is 0.303 e. The quantitative estimate of drug-likeness (QED) is 0.808. The van der Waals surface area contributed by atoms with Crippen molar-refractivity contribution in [3.8, 4) is 11.5 Å². The molecular formula is C14H18ClNO5. The van der Waals surface area contributed by atoms with Gasteiger partial charge in [-0.2, -0.15) is 0 Å². The van der Waals surface area contributed by atoms with Gasteiger partial charge in [0.25, 0.3) is 0 Å². The van der Waals surface area contributed by atoms with E-state index in [1.807, 2.05) is 0 Å². The number of hydrogen-bond acceptors (Lipinski definition) is 4. The number of benzene rings is 1. The van der Waals surface area contributed by atoms with Gasteiger partial charge in [-0.05, 0) is 12.0 Å². The summed E-state index contributed by atoms with van der Waals surface area (Å²) in [7, 11) is 2.94. The summed E-state index contributed by atoms with van der Waals surface area (Å²) >= 11 is 6.01. The normalized spacial score (nSPS) is 11.6. The Morgan fingerprint density at radius 1 is 1.24 bits per heavy atom. The Hall–Kier alpha value is -1.95. The number of carboxylic acid groups (broad SMARTS) is 1. The van der Waals surface area contributed by atoms with E-state index in [1.165, 1.54) is 20.3 Å². The highest BCUT2D eigenvalue weighted by molar-refractivity contribution is 6.32. The van der Waals surface area contributed by atoms with Gasteiger partial charge in [0.1, 0.15) is 11.5 Å². The van der Waals surface area contributed by atoms with E-state index in [0.717, 1.165) is 0 Å². The molecule has 0 fully saturated rings. The zero-order valence-electron chi connectivity index (χ0n) is 12.1. The molecule has 6 nitrogen and oxygen atoms in total. The molecule has 21 heavy (non-hydrogen) atoms. The molecule has 0 aliphatic heterocycles.